The summed E-state index contributed by atoms with van der Waals surface area (Å²) in [5.41, 5.74) is 3.63. The van der Waals surface area contributed by atoms with E-state index < -0.39 is 0 Å². The Morgan fingerprint density at radius 2 is 2.20 bits per heavy atom. The maximum Gasteiger partial charge on any atom is 0.191 e. The van der Waals surface area contributed by atoms with Gasteiger partial charge in [-0.1, -0.05) is 6.07 Å². The molecular formula is C14H15N3OS2. The van der Waals surface area contributed by atoms with Crippen LogP contribution in [0, 0.1) is 6.92 Å². The van der Waals surface area contributed by atoms with Gasteiger partial charge in [0.15, 0.2) is 5.11 Å². The number of hydrazone groups is 1. The van der Waals surface area contributed by atoms with E-state index >= 15 is 0 Å². The molecule has 0 fully saturated rings. The molecule has 0 aliphatic heterocycles. The minimum Gasteiger partial charge on any atom is -0.497 e. The molecule has 0 amide bonds. The SMILES string of the molecule is COc1cccc(NC(=S)N/N=C\c2ccc(C)s2)c1. The number of nitrogens with one attached hydrogen (secondary N) is 2. The van der Waals surface area contributed by atoms with Crippen LogP contribution in [0.25, 0.3) is 0 Å². The third kappa shape index (κ3) is 4.32. The van der Waals surface area contributed by atoms with Crippen LogP contribution in [0.1, 0.15) is 9.75 Å². The lowest BCUT2D eigenvalue weighted by atomic mass is 10.3. The Balaban J connectivity index is 1.87. The average Bonchev–Trinajstić information content (AvgIpc) is 2.84. The maximum atomic E-state index is 5.16. The molecule has 6 heteroatoms. The topological polar surface area (TPSA) is 45.6 Å². The summed E-state index contributed by atoms with van der Waals surface area (Å²) in [7, 11) is 1.63. The van der Waals surface area contributed by atoms with Gasteiger partial charge >= 0.3 is 0 Å². The number of hydrogen-bond donors (Lipinski definition) is 2. The molecule has 1 aromatic heterocycles. The van der Waals surface area contributed by atoms with E-state index in [9.17, 15) is 0 Å². The highest BCUT2D eigenvalue weighted by Gasteiger charge is 1.98. The molecule has 0 saturated heterocycles. The molecule has 1 heterocycles. The van der Waals surface area contributed by atoms with Gasteiger partial charge in [-0.2, -0.15) is 5.10 Å². The van der Waals surface area contributed by atoms with Gasteiger partial charge in [0.1, 0.15) is 5.75 Å². The number of methoxy groups -OCH3 is 1. The fourth-order valence-corrected chi connectivity index (χ4v) is 2.46. The number of thiophene rings is 1. The van der Waals surface area contributed by atoms with Crippen LogP contribution in [-0.4, -0.2) is 18.4 Å². The zero-order chi connectivity index (χ0) is 14.4. The van der Waals surface area contributed by atoms with E-state index in [0.29, 0.717) is 5.11 Å². The summed E-state index contributed by atoms with van der Waals surface area (Å²) >= 11 is 6.84. The van der Waals surface area contributed by atoms with Crippen molar-refractivity contribution in [2.75, 3.05) is 12.4 Å². The largest absolute Gasteiger partial charge is 0.497 e. The summed E-state index contributed by atoms with van der Waals surface area (Å²) < 4.78 is 5.15. The van der Waals surface area contributed by atoms with Crippen molar-refractivity contribution in [3.05, 3.63) is 46.2 Å². The van der Waals surface area contributed by atoms with Crippen LogP contribution >= 0.6 is 23.6 Å². The van der Waals surface area contributed by atoms with Crippen molar-refractivity contribution in [1.29, 1.82) is 0 Å². The molecule has 2 rings (SSSR count). The molecule has 0 unspecified atom stereocenters. The number of rotatable bonds is 4. The van der Waals surface area contributed by atoms with Gasteiger partial charge in [-0.25, -0.2) is 0 Å². The summed E-state index contributed by atoms with van der Waals surface area (Å²) in [6.07, 6.45) is 1.75. The predicted octanol–water partition coefficient (Wildman–Crippen LogP) is 3.39. The lowest BCUT2D eigenvalue weighted by Gasteiger charge is -2.08. The zero-order valence-electron chi connectivity index (χ0n) is 11.2. The number of ether oxygens (including phenoxy) is 1. The molecule has 0 radical (unpaired) electrons. The first-order valence-electron chi connectivity index (χ1n) is 5.98. The Hall–Kier alpha value is -1.92. The molecule has 4 nitrogen and oxygen atoms in total. The van der Waals surface area contributed by atoms with Gasteiger partial charge in [-0.05, 0) is 43.4 Å². The molecule has 0 aliphatic carbocycles. The summed E-state index contributed by atoms with van der Waals surface area (Å²) in [5.74, 6) is 0.773. The minimum absolute atomic E-state index is 0.433. The fourth-order valence-electron chi connectivity index (χ4n) is 1.54. The highest BCUT2D eigenvalue weighted by Crippen LogP contribution is 2.16. The highest BCUT2D eigenvalue weighted by atomic mass is 32.1. The number of benzene rings is 1. The quantitative estimate of drug-likeness (QED) is 0.516. The molecule has 20 heavy (non-hydrogen) atoms. The Labute approximate surface area is 127 Å². The van der Waals surface area contributed by atoms with E-state index in [1.165, 1.54) is 4.88 Å². The van der Waals surface area contributed by atoms with Crippen LogP contribution in [0.15, 0.2) is 41.5 Å². The molecule has 0 saturated carbocycles. The second kappa shape index (κ2) is 7.02. The predicted molar refractivity (Wildman–Crippen MR) is 89.0 cm³/mol. The monoisotopic (exact) mass is 305 g/mol. The second-order valence-electron chi connectivity index (χ2n) is 4.00. The number of anilines is 1. The van der Waals surface area contributed by atoms with Gasteiger partial charge in [-0.15, -0.1) is 11.3 Å². The van der Waals surface area contributed by atoms with Crippen LogP contribution in [0.5, 0.6) is 5.75 Å². The van der Waals surface area contributed by atoms with Crippen molar-refractivity contribution >= 4 is 40.6 Å². The van der Waals surface area contributed by atoms with Crippen LogP contribution in [0.4, 0.5) is 5.69 Å². The lowest BCUT2D eigenvalue weighted by Crippen LogP contribution is -2.23. The highest BCUT2D eigenvalue weighted by molar-refractivity contribution is 7.80. The van der Waals surface area contributed by atoms with Gasteiger partial charge in [0.05, 0.1) is 13.3 Å². The van der Waals surface area contributed by atoms with E-state index in [4.69, 9.17) is 17.0 Å². The molecule has 104 valence electrons. The number of nitrogens with zero attached hydrogens (tertiary/aromatic N) is 1. The number of aryl methyl sites for hydroxylation is 1. The van der Waals surface area contributed by atoms with Gasteiger partial charge in [0.2, 0.25) is 0 Å². The second-order valence-corrected chi connectivity index (χ2v) is 5.73. The third-order valence-electron chi connectivity index (χ3n) is 2.45. The standard InChI is InChI=1S/C14H15N3OS2/c1-10-6-7-13(20-10)9-15-17-14(19)16-11-4-3-5-12(8-11)18-2/h3-9H,1-2H3,(H2,16,17,19)/b15-9-. The maximum absolute atomic E-state index is 5.16. The summed E-state index contributed by atoms with van der Waals surface area (Å²) in [6, 6.07) is 11.6. The summed E-state index contributed by atoms with van der Waals surface area (Å²) in [4.78, 5) is 2.34. The number of hydrogen-bond acceptors (Lipinski definition) is 4. The molecule has 0 aliphatic rings. The molecular weight excluding hydrogens is 290 g/mol. The molecule has 0 spiro atoms. The zero-order valence-corrected chi connectivity index (χ0v) is 12.8. The Bertz CT molecular complexity index is 622. The normalized spacial score (nSPS) is 10.5. The van der Waals surface area contributed by atoms with Crippen molar-refractivity contribution in [3.8, 4) is 5.75 Å². The first-order chi connectivity index (χ1) is 9.67. The van der Waals surface area contributed by atoms with Crippen molar-refractivity contribution in [1.82, 2.24) is 5.43 Å². The molecule has 0 atom stereocenters. The fraction of sp³-hybridized carbons (Fsp3) is 0.143. The first-order valence-corrected chi connectivity index (χ1v) is 7.20. The number of thiocarbonyl (C=S) groups is 1. The van der Waals surface area contributed by atoms with Gasteiger partial charge in [-0.3, -0.25) is 5.43 Å². The van der Waals surface area contributed by atoms with E-state index in [2.05, 4.69) is 28.8 Å². The summed E-state index contributed by atoms with van der Waals surface area (Å²) in [5, 5.41) is 7.57. The van der Waals surface area contributed by atoms with Crippen LogP contribution in [0.2, 0.25) is 0 Å². The van der Waals surface area contributed by atoms with Gasteiger partial charge < -0.3 is 10.1 Å². The van der Waals surface area contributed by atoms with Crippen molar-refractivity contribution in [3.63, 3.8) is 0 Å². The van der Waals surface area contributed by atoms with Crippen molar-refractivity contribution in [2.24, 2.45) is 5.10 Å². The third-order valence-corrected chi connectivity index (χ3v) is 3.58. The van der Waals surface area contributed by atoms with E-state index in [0.717, 1.165) is 16.3 Å². The van der Waals surface area contributed by atoms with Gasteiger partial charge in [0.25, 0.3) is 0 Å². The Morgan fingerprint density at radius 1 is 1.35 bits per heavy atom. The van der Waals surface area contributed by atoms with Crippen LogP contribution in [0.3, 0.4) is 0 Å². The van der Waals surface area contributed by atoms with Crippen LogP contribution < -0.4 is 15.5 Å². The lowest BCUT2D eigenvalue weighted by molar-refractivity contribution is 0.415. The van der Waals surface area contributed by atoms with Crippen molar-refractivity contribution in [2.45, 2.75) is 6.92 Å². The van der Waals surface area contributed by atoms with E-state index in [1.807, 2.05) is 30.3 Å². The first kappa shape index (κ1) is 14.5. The Kier molecular flexibility index (Phi) is 5.09. The Morgan fingerprint density at radius 3 is 2.90 bits per heavy atom. The molecule has 0 bridgehead atoms. The minimum atomic E-state index is 0.433. The molecule has 2 N–H and O–H groups in total. The smallest absolute Gasteiger partial charge is 0.191 e. The molecule has 1 aromatic carbocycles. The average molecular weight is 305 g/mol. The molecule has 2 aromatic rings. The van der Waals surface area contributed by atoms with E-state index in [1.54, 1.807) is 24.7 Å². The van der Waals surface area contributed by atoms with Crippen molar-refractivity contribution < 1.29 is 4.74 Å². The van der Waals surface area contributed by atoms with Crippen LogP contribution in [-0.2, 0) is 0 Å². The van der Waals surface area contributed by atoms with E-state index in [-0.39, 0.29) is 0 Å². The van der Waals surface area contributed by atoms with Gasteiger partial charge in [0, 0.05) is 21.5 Å². The summed E-state index contributed by atoms with van der Waals surface area (Å²) in [6.45, 7) is 2.06.